The number of sulfone groups is 1. The number of likely N-dealkylation sites (tertiary alicyclic amines) is 1. The van der Waals surface area contributed by atoms with E-state index in [1.807, 2.05) is 34.9 Å². The van der Waals surface area contributed by atoms with Gasteiger partial charge in [-0.2, -0.15) is 0 Å². The van der Waals surface area contributed by atoms with Crippen LogP contribution in [0.4, 0.5) is 0 Å². The second-order valence-electron chi connectivity index (χ2n) is 6.85. The van der Waals surface area contributed by atoms with Crippen molar-refractivity contribution >= 4 is 9.84 Å². The van der Waals surface area contributed by atoms with E-state index in [0.717, 1.165) is 31.5 Å². The van der Waals surface area contributed by atoms with Crippen molar-refractivity contribution in [2.75, 3.05) is 18.8 Å². The number of aryl methyl sites for hydroxylation is 1. The summed E-state index contributed by atoms with van der Waals surface area (Å²) in [4.78, 5) is 6.41. The second kappa shape index (κ2) is 8.33. The molecule has 0 saturated carbocycles. The summed E-state index contributed by atoms with van der Waals surface area (Å²) in [6.45, 7) is 4.37. The summed E-state index contributed by atoms with van der Waals surface area (Å²) in [5.41, 5.74) is 2.06. The number of imidazole rings is 1. The van der Waals surface area contributed by atoms with Gasteiger partial charge >= 0.3 is 0 Å². The van der Waals surface area contributed by atoms with E-state index in [1.54, 1.807) is 13.1 Å². The monoisotopic (exact) mass is 377 g/mol. The molecule has 1 unspecified atom stereocenters. The van der Waals surface area contributed by atoms with Crippen LogP contribution in [-0.4, -0.2) is 52.9 Å². The Morgan fingerprint density at radius 2 is 2.04 bits per heavy atom. The molecule has 0 bridgehead atoms. The molecule has 0 spiro atoms. The predicted molar refractivity (Wildman–Crippen MR) is 101 cm³/mol. The first-order valence-corrected chi connectivity index (χ1v) is 10.9. The van der Waals surface area contributed by atoms with Crippen molar-refractivity contribution in [2.24, 2.45) is 0 Å². The molecule has 1 fully saturated rings. The van der Waals surface area contributed by atoms with E-state index in [9.17, 15) is 13.5 Å². The van der Waals surface area contributed by atoms with E-state index in [1.165, 1.54) is 5.56 Å². The highest BCUT2D eigenvalue weighted by molar-refractivity contribution is 7.91. The van der Waals surface area contributed by atoms with Crippen molar-refractivity contribution in [2.45, 2.75) is 50.5 Å². The number of aliphatic hydroxyl groups excluding tert-OH is 1. The first kappa shape index (κ1) is 19.1. The number of piperidine rings is 1. The van der Waals surface area contributed by atoms with Crippen LogP contribution in [-0.2, 0) is 29.3 Å². The summed E-state index contributed by atoms with van der Waals surface area (Å²) < 4.78 is 26.7. The van der Waals surface area contributed by atoms with Crippen LogP contribution in [0.2, 0.25) is 0 Å². The Labute approximate surface area is 155 Å². The SMILES string of the molecule is CCS(=O)(=O)c1ncc(CN2CCCC(O)C2)n1CCc1ccccc1. The van der Waals surface area contributed by atoms with Gasteiger partial charge in [0.2, 0.25) is 15.0 Å². The van der Waals surface area contributed by atoms with Crippen LogP contribution in [0.1, 0.15) is 31.0 Å². The number of benzene rings is 1. The number of nitrogens with zero attached hydrogens (tertiary/aromatic N) is 3. The van der Waals surface area contributed by atoms with Gasteiger partial charge in [0.05, 0.1) is 23.7 Å². The van der Waals surface area contributed by atoms with Gasteiger partial charge in [-0.15, -0.1) is 0 Å². The Morgan fingerprint density at radius 1 is 1.27 bits per heavy atom. The number of rotatable bonds is 7. The van der Waals surface area contributed by atoms with Crippen LogP contribution in [0.25, 0.3) is 0 Å². The molecular weight excluding hydrogens is 350 g/mol. The van der Waals surface area contributed by atoms with Crippen LogP contribution < -0.4 is 0 Å². The fourth-order valence-electron chi connectivity index (χ4n) is 3.42. The molecule has 1 saturated heterocycles. The van der Waals surface area contributed by atoms with Crippen molar-refractivity contribution in [3.8, 4) is 0 Å². The molecule has 26 heavy (non-hydrogen) atoms. The van der Waals surface area contributed by atoms with Crippen molar-refractivity contribution in [1.82, 2.24) is 14.5 Å². The second-order valence-corrected chi connectivity index (χ2v) is 9.03. The summed E-state index contributed by atoms with van der Waals surface area (Å²) in [5, 5.41) is 10.0. The smallest absolute Gasteiger partial charge is 0.227 e. The zero-order valence-electron chi connectivity index (χ0n) is 15.2. The largest absolute Gasteiger partial charge is 0.392 e. The first-order valence-electron chi connectivity index (χ1n) is 9.21. The zero-order valence-corrected chi connectivity index (χ0v) is 16.0. The van der Waals surface area contributed by atoms with Gasteiger partial charge in [0.15, 0.2) is 0 Å². The van der Waals surface area contributed by atoms with E-state index in [0.29, 0.717) is 19.6 Å². The third-order valence-electron chi connectivity index (χ3n) is 4.89. The molecule has 1 N–H and O–H groups in total. The lowest BCUT2D eigenvalue weighted by atomic mass is 10.1. The summed E-state index contributed by atoms with van der Waals surface area (Å²) in [6.07, 6.45) is 3.91. The van der Waals surface area contributed by atoms with Gasteiger partial charge in [0.1, 0.15) is 0 Å². The van der Waals surface area contributed by atoms with Crippen LogP contribution in [0, 0.1) is 0 Å². The number of hydrogen-bond donors (Lipinski definition) is 1. The van der Waals surface area contributed by atoms with Crippen LogP contribution >= 0.6 is 0 Å². The third kappa shape index (κ3) is 4.52. The highest BCUT2D eigenvalue weighted by Crippen LogP contribution is 2.19. The number of β-amino-alcohol motifs (C(OH)–C–C–N with tert-alkyl or cyclic N) is 1. The fraction of sp³-hybridized carbons (Fsp3) is 0.526. The summed E-state index contributed by atoms with van der Waals surface area (Å²) in [7, 11) is -3.38. The molecule has 0 radical (unpaired) electrons. The lowest BCUT2D eigenvalue weighted by Gasteiger charge is -2.30. The number of aliphatic hydroxyl groups is 1. The molecule has 3 rings (SSSR count). The van der Waals surface area contributed by atoms with E-state index < -0.39 is 9.84 Å². The van der Waals surface area contributed by atoms with Gasteiger partial charge in [0.25, 0.3) is 0 Å². The molecule has 2 heterocycles. The van der Waals surface area contributed by atoms with E-state index in [4.69, 9.17) is 0 Å². The highest BCUT2D eigenvalue weighted by Gasteiger charge is 2.24. The number of aromatic nitrogens is 2. The van der Waals surface area contributed by atoms with E-state index in [-0.39, 0.29) is 17.0 Å². The summed E-state index contributed by atoms with van der Waals surface area (Å²) in [5.74, 6) is 0.0389. The van der Waals surface area contributed by atoms with E-state index >= 15 is 0 Å². The van der Waals surface area contributed by atoms with Crippen molar-refractivity contribution in [3.63, 3.8) is 0 Å². The van der Waals surface area contributed by atoms with Crippen molar-refractivity contribution in [1.29, 1.82) is 0 Å². The Morgan fingerprint density at radius 3 is 2.73 bits per heavy atom. The molecule has 1 aliphatic rings. The van der Waals surface area contributed by atoms with Gasteiger partial charge in [-0.25, -0.2) is 13.4 Å². The highest BCUT2D eigenvalue weighted by atomic mass is 32.2. The van der Waals surface area contributed by atoms with Crippen LogP contribution in [0.5, 0.6) is 0 Å². The summed E-state index contributed by atoms with van der Waals surface area (Å²) >= 11 is 0. The average molecular weight is 378 g/mol. The average Bonchev–Trinajstić information content (AvgIpc) is 3.04. The van der Waals surface area contributed by atoms with Crippen LogP contribution in [0.15, 0.2) is 41.7 Å². The maximum Gasteiger partial charge on any atom is 0.227 e. The predicted octanol–water partition coefficient (Wildman–Crippen LogP) is 1.88. The van der Waals surface area contributed by atoms with Gasteiger partial charge < -0.3 is 9.67 Å². The van der Waals surface area contributed by atoms with Gasteiger partial charge in [-0.05, 0) is 31.4 Å². The Hall–Kier alpha value is -1.70. The maximum atomic E-state index is 12.5. The lowest BCUT2D eigenvalue weighted by molar-refractivity contribution is 0.0655. The Kier molecular flexibility index (Phi) is 6.11. The molecule has 142 valence electrons. The summed E-state index contributed by atoms with van der Waals surface area (Å²) in [6, 6.07) is 10.0. The minimum absolute atomic E-state index is 0.0389. The topological polar surface area (TPSA) is 75.4 Å². The van der Waals surface area contributed by atoms with Crippen molar-refractivity contribution in [3.05, 3.63) is 47.8 Å². The molecule has 6 nitrogen and oxygen atoms in total. The molecule has 1 aromatic heterocycles. The standard InChI is InChI=1S/C19H27N3O3S/c1-2-26(24,25)19-20-13-17(14-21-11-6-9-18(23)15-21)22(19)12-10-16-7-4-3-5-8-16/h3-5,7-8,13,18,23H,2,6,9-12,14-15H2,1H3. The minimum Gasteiger partial charge on any atom is -0.392 e. The Bertz CT molecular complexity index is 818. The quantitative estimate of drug-likeness (QED) is 0.797. The maximum absolute atomic E-state index is 12.5. The minimum atomic E-state index is -3.38. The lowest BCUT2D eigenvalue weighted by Crippen LogP contribution is -2.38. The normalized spacial score (nSPS) is 18.9. The van der Waals surface area contributed by atoms with Crippen LogP contribution in [0.3, 0.4) is 0 Å². The molecule has 1 aliphatic heterocycles. The van der Waals surface area contributed by atoms with Gasteiger partial charge in [-0.3, -0.25) is 4.90 Å². The Balaban J connectivity index is 1.83. The number of hydrogen-bond acceptors (Lipinski definition) is 5. The zero-order chi connectivity index (χ0) is 18.6. The van der Waals surface area contributed by atoms with E-state index in [2.05, 4.69) is 9.88 Å². The first-order chi connectivity index (χ1) is 12.5. The van der Waals surface area contributed by atoms with Crippen molar-refractivity contribution < 1.29 is 13.5 Å². The molecule has 1 atom stereocenters. The molecule has 7 heteroatoms. The fourth-order valence-corrected chi connectivity index (χ4v) is 4.44. The molecule has 0 aliphatic carbocycles. The third-order valence-corrected chi connectivity index (χ3v) is 6.54. The van der Waals surface area contributed by atoms with Gasteiger partial charge in [-0.1, -0.05) is 37.3 Å². The molecular formula is C19H27N3O3S. The molecule has 1 aromatic carbocycles. The molecule has 2 aromatic rings. The van der Waals surface area contributed by atoms with Gasteiger partial charge in [0, 0.05) is 19.6 Å². The molecule has 0 amide bonds.